The van der Waals surface area contributed by atoms with Crippen molar-refractivity contribution in [2.24, 2.45) is 0 Å². The molecule has 0 saturated carbocycles. The minimum atomic E-state index is -0.287. The lowest BCUT2D eigenvalue weighted by atomic mass is 10.3. The Morgan fingerprint density at radius 2 is 1.23 bits per heavy atom. The van der Waals surface area contributed by atoms with Crippen LogP contribution in [0.15, 0.2) is 24.3 Å². The van der Waals surface area contributed by atoms with E-state index in [9.17, 15) is 9.59 Å². The highest BCUT2D eigenvalue weighted by Gasteiger charge is 2.12. The summed E-state index contributed by atoms with van der Waals surface area (Å²) in [4.78, 5) is 22.2. The lowest BCUT2D eigenvalue weighted by Gasteiger charge is -1.99. The standard InChI is InChI=1S/C9H8N2O2/c12-8-5-9(13)11-7-2-1-6(10-8)3-4-7/h1-4H,5H2,(H,10,12)(H,11,13). The fraction of sp³-hybridized carbons (Fsp3) is 0.111. The van der Waals surface area contributed by atoms with Gasteiger partial charge >= 0.3 is 0 Å². The van der Waals surface area contributed by atoms with E-state index in [0.717, 1.165) is 0 Å². The molecule has 0 radical (unpaired) electrons. The van der Waals surface area contributed by atoms with E-state index in [2.05, 4.69) is 10.6 Å². The molecule has 2 amide bonds. The minimum Gasteiger partial charge on any atom is -0.326 e. The van der Waals surface area contributed by atoms with Crippen molar-refractivity contribution >= 4 is 23.2 Å². The summed E-state index contributed by atoms with van der Waals surface area (Å²) in [6, 6.07) is 7.00. The number of amides is 2. The maximum atomic E-state index is 11.1. The van der Waals surface area contributed by atoms with Crippen molar-refractivity contribution in [3.63, 3.8) is 0 Å². The molecule has 1 aromatic rings. The molecule has 2 heterocycles. The van der Waals surface area contributed by atoms with Gasteiger partial charge in [0.2, 0.25) is 11.8 Å². The van der Waals surface area contributed by atoms with Crippen molar-refractivity contribution in [3.05, 3.63) is 24.3 Å². The number of fused-ring (bicyclic) bond motifs is 6. The molecule has 0 aliphatic carbocycles. The van der Waals surface area contributed by atoms with E-state index in [1.54, 1.807) is 24.3 Å². The summed E-state index contributed by atoms with van der Waals surface area (Å²) in [5.74, 6) is -0.574. The van der Waals surface area contributed by atoms with Gasteiger partial charge in [-0.1, -0.05) is 0 Å². The fourth-order valence-electron chi connectivity index (χ4n) is 1.19. The number of hydrogen-bond acceptors (Lipinski definition) is 2. The topological polar surface area (TPSA) is 58.2 Å². The van der Waals surface area contributed by atoms with Crippen LogP contribution in [0, 0.1) is 0 Å². The first-order valence-corrected chi connectivity index (χ1v) is 3.94. The Hall–Kier alpha value is -1.84. The molecule has 3 rings (SSSR count). The van der Waals surface area contributed by atoms with E-state index in [1.807, 2.05) is 0 Å². The highest BCUT2D eigenvalue weighted by molar-refractivity contribution is 6.08. The summed E-state index contributed by atoms with van der Waals surface area (Å²) in [5, 5.41) is 5.21. The van der Waals surface area contributed by atoms with Gasteiger partial charge in [0.1, 0.15) is 6.42 Å². The Kier molecular flexibility index (Phi) is 1.73. The molecule has 0 spiro atoms. The second-order valence-corrected chi connectivity index (χ2v) is 2.85. The largest absolute Gasteiger partial charge is 0.326 e. The molecule has 2 aliphatic rings. The molecule has 4 heteroatoms. The number of benzene rings is 1. The lowest BCUT2D eigenvalue weighted by Crippen LogP contribution is -2.19. The van der Waals surface area contributed by atoms with Crippen LogP contribution in [0.25, 0.3) is 0 Å². The molecule has 66 valence electrons. The first-order valence-electron chi connectivity index (χ1n) is 3.94. The SMILES string of the molecule is O=C1CC(=O)Nc2ccc(cc2)N1. The molecule has 0 saturated heterocycles. The Labute approximate surface area is 74.9 Å². The third kappa shape index (κ3) is 1.66. The molecule has 2 bridgehead atoms. The van der Waals surface area contributed by atoms with Gasteiger partial charge in [0.25, 0.3) is 0 Å². The van der Waals surface area contributed by atoms with Gasteiger partial charge in [-0.15, -0.1) is 0 Å². The first kappa shape index (κ1) is 7.79. The van der Waals surface area contributed by atoms with Crippen LogP contribution in [-0.2, 0) is 9.59 Å². The van der Waals surface area contributed by atoms with Crippen molar-refractivity contribution < 1.29 is 9.59 Å². The smallest absolute Gasteiger partial charge is 0.233 e. The van der Waals surface area contributed by atoms with Gasteiger partial charge in [-0.3, -0.25) is 9.59 Å². The maximum Gasteiger partial charge on any atom is 0.233 e. The average Bonchev–Trinajstić information content (AvgIpc) is 2.16. The summed E-state index contributed by atoms with van der Waals surface area (Å²) in [7, 11) is 0. The second-order valence-electron chi connectivity index (χ2n) is 2.85. The quantitative estimate of drug-likeness (QED) is 0.578. The van der Waals surface area contributed by atoms with Crippen molar-refractivity contribution in [2.75, 3.05) is 10.6 Å². The van der Waals surface area contributed by atoms with Gasteiger partial charge in [0.15, 0.2) is 0 Å². The zero-order valence-corrected chi connectivity index (χ0v) is 6.83. The van der Waals surface area contributed by atoms with Gasteiger partial charge in [0.05, 0.1) is 0 Å². The van der Waals surface area contributed by atoms with Crippen molar-refractivity contribution in [3.8, 4) is 0 Å². The van der Waals surface area contributed by atoms with Crippen LogP contribution in [0.2, 0.25) is 0 Å². The zero-order valence-electron chi connectivity index (χ0n) is 6.83. The van der Waals surface area contributed by atoms with Crippen molar-refractivity contribution in [1.82, 2.24) is 0 Å². The zero-order chi connectivity index (χ0) is 9.26. The van der Waals surface area contributed by atoms with E-state index in [4.69, 9.17) is 0 Å². The molecule has 2 aliphatic heterocycles. The summed E-state index contributed by atoms with van der Waals surface area (Å²) >= 11 is 0. The molecular weight excluding hydrogens is 168 g/mol. The number of rotatable bonds is 0. The number of hydrogen-bond donors (Lipinski definition) is 2. The molecule has 0 unspecified atom stereocenters. The molecular formula is C9H8N2O2. The molecule has 0 aromatic heterocycles. The molecule has 1 aromatic carbocycles. The fourth-order valence-corrected chi connectivity index (χ4v) is 1.19. The van der Waals surface area contributed by atoms with Gasteiger partial charge in [0, 0.05) is 11.4 Å². The number of carbonyl (C=O) groups is 2. The third-order valence-corrected chi connectivity index (χ3v) is 1.77. The predicted molar refractivity (Wildman–Crippen MR) is 48.3 cm³/mol. The highest BCUT2D eigenvalue weighted by Crippen LogP contribution is 2.15. The van der Waals surface area contributed by atoms with Gasteiger partial charge < -0.3 is 10.6 Å². The van der Waals surface area contributed by atoms with E-state index in [1.165, 1.54) is 0 Å². The van der Waals surface area contributed by atoms with E-state index < -0.39 is 0 Å². The van der Waals surface area contributed by atoms with Crippen LogP contribution < -0.4 is 10.6 Å². The van der Waals surface area contributed by atoms with Crippen molar-refractivity contribution in [1.29, 1.82) is 0 Å². The number of anilines is 2. The Morgan fingerprint density at radius 3 is 1.62 bits per heavy atom. The normalized spacial score (nSPS) is 15.4. The second kappa shape index (κ2) is 2.90. The summed E-state index contributed by atoms with van der Waals surface area (Å²) in [5.41, 5.74) is 1.43. The van der Waals surface area contributed by atoms with Gasteiger partial charge in [-0.05, 0) is 24.3 Å². The molecule has 0 fully saturated rings. The predicted octanol–water partition coefficient (Wildman–Crippen LogP) is 0.967. The van der Waals surface area contributed by atoms with Crippen LogP contribution in [-0.4, -0.2) is 11.8 Å². The van der Waals surface area contributed by atoms with E-state index >= 15 is 0 Å². The van der Waals surface area contributed by atoms with Gasteiger partial charge in [-0.25, -0.2) is 0 Å². The minimum absolute atomic E-state index is 0.129. The van der Waals surface area contributed by atoms with E-state index in [0.29, 0.717) is 11.4 Å². The Balaban J connectivity index is 2.38. The van der Waals surface area contributed by atoms with Gasteiger partial charge in [-0.2, -0.15) is 0 Å². The third-order valence-electron chi connectivity index (χ3n) is 1.77. The summed E-state index contributed by atoms with van der Waals surface area (Å²) < 4.78 is 0. The Morgan fingerprint density at radius 1 is 0.846 bits per heavy atom. The van der Waals surface area contributed by atoms with Crippen LogP contribution in [0.1, 0.15) is 6.42 Å². The molecule has 4 nitrogen and oxygen atoms in total. The molecule has 2 N–H and O–H groups in total. The van der Waals surface area contributed by atoms with Crippen LogP contribution in [0.3, 0.4) is 0 Å². The Bertz CT molecular complexity index is 321. The molecule has 0 atom stereocenters. The monoisotopic (exact) mass is 176 g/mol. The van der Waals surface area contributed by atoms with Crippen LogP contribution in [0.4, 0.5) is 11.4 Å². The maximum absolute atomic E-state index is 11.1. The van der Waals surface area contributed by atoms with E-state index in [-0.39, 0.29) is 18.2 Å². The van der Waals surface area contributed by atoms with Crippen LogP contribution in [0.5, 0.6) is 0 Å². The number of nitrogens with one attached hydrogen (secondary N) is 2. The van der Waals surface area contributed by atoms with Crippen molar-refractivity contribution in [2.45, 2.75) is 6.42 Å². The molecule has 13 heavy (non-hydrogen) atoms. The highest BCUT2D eigenvalue weighted by atomic mass is 16.2. The average molecular weight is 176 g/mol. The summed E-state index contributed by atoms with van der Waals surface area (Å²) in [6.45, 7) is 0. The number of carbonyl (C=O) groups excluding carboxylic acids is 2. The lowest BCUT2D eigenvalue weighted by molar-refractivity contribution is -0.123. The first-order chi connectivity index (χ1) is 6.24. The van der Waals surface area contributed by atoms with Crippen LogP contribution >= 0.6 is 0 Å². The summed E-state index contributed by atoms with van der Waals surface area (Å²) in [6.07, 6.45) is -0.129.